The molecule has 0 bridgehead atoms. The van der Waals surface area contributed by atoms with Gasteiger partial charge >= 0.3 is 0 Å². The van der Waals surface area contributed by atoms with Crippen molar-refractivity contribution in [2.45, 2.75) is 38.3 Å². The molecular weight excluding hydrogens is 270 g/mol. The monoisotopic (exact) mass is 291 g/mol. The summed E-state index contributed by atoms with van der Waals surface area (Å²) in [6, 6.07) is 8.18. The van der Waals surface area contributed by atoms with Crippen molar-refractivity contribution in [2.75, 3.05) is 13.6 Å². The normalized spacial score (nSPS) is 22.8. The summed E-state index contributed by atoms with van der Waals surface area (Å²) < 4.78 is 0. The van der Waals surface area contributed by atoms with E-state index in [0.29, 0.717) is 22.5 Å². The van der Waals surface area contributed by atoms with Crippen LogP contribution in [0.25, 0.3) is 0 Å². The van der Waals surface area contributed by atoms with Gasteiger partial charge in [-0.3, -0.25) is 4.90 Å². The summed E-state index contributed by atoms with van der Waals surface area (Å²) in [6.07, 6.45) is 5.02. The largest absolute Gasteiger partial charge is 0.330 e. The van der Waals surface area contributed by atoms with Crippen LogP contribution >= 0.6 is 11.6 Å². The molecule has 0 amide bonds. The fourth-order valence-electron chi connectivity index (χ4n) is 3.17. The predicted octanol–water partition coefficient (Wildman–Crippen LogP) is 3.16. The molecule has 1 fully saturated rings. The maximum Gasteiger partial charge on any atom is 0.0992 e. The van der Waals surface area contributed by atoms with Crippen molar-refractivity contribution < 1.29 is 0 Å². The molecule has 0 aliphatic heterocycles. The molecule has 1 saturated carbocycles. The van der Waals surface area contributed by atoms with Crippen LogP contribution in [-0.2, 0) is 6.54 Å². The van der Waals surface area contributed by atoms with E-state index < -0.39 is 0 Å². The van der Waals surface area contributed by atoms with E-state index in [-0.39, 0.29) is 0 Å². The van der Waals surface area contributed by atoms with Gasteiger partial charge in [-0.05, 0) is 50.0 Å². The fourth-order valence-corrected chi connectivity index (χ4v) is 3.41. The summed E-state index contributed by atoms with van der Waals surface area (Å²) in [4.78, 5) is 2.37. The first-order chi connectivity index (χ1) is 9.65. The second-order valence-corrected chi connectivity index (χ2v) is 6.09. The van der Waals surface area contributed by atoms with Crippen LogP contribution in [0.15, 0.2) is 18.2 Å². The summed E-state index contributed by atoms with van der Waals surface area (Å²) in [5, 5.41) is 9.55. The topological polar surface area (TPSA) is 53.0 Å². The number of benzene rings is 1. The van der Waals surface area contributed by atoms with Gasteiger partial charge in [0.05, 0.1) is 11.6 Å². The van der Waals surface area contributed by atoms with Gasteiger partial charge < -0.3 is 5.73 Å². The maximum atomic E-state index is 8.87. The van der Waals surface area contributed by atoms with Gasteiger partial charge in [0.2, 0.25) is 0 Å². The molecule has 2 rings (SSSR count). The Kier molecular flexibility index (Phi) is 5.42. The Morgan fingerprint density at radius 1 is 1.40 bits per heavy atom. The van der Waals surface area contributed by atoms with Crippen LogP contribution in [0.1, 0.15) is 36.8 Å². The van der Waals surface area contributed by atoms with Crippen LogP contribution in [0.5, 0.6) is 0 Å². The Morgan fingerprint density at radius 2 is 2.15 bits per heavy atom. The molecule has 0 radical (unpaired) electrons. The van der Waals surface area contributed by atoms with E-state index in [1.165, 1.54) is 25.7 Å². The highest BCUT2D eigenvalue weighted by atomic mass is 35.5. The van der Waals surface area contributed by atoms with Gasteiger partial charge in [-0.2, -0.15) is 5.26 Å². The predicted molar refractivity (Wildman–Crippen MR) is 82.4 cm³/mol. The third-order valence-corrected chi connectivity index (χ3v) is 4.69. The minimum absolute atomic E-state index is 0.542. The lowest BCUT2D eigenvalue weighted by Gasteiger charge is -2.37. The van der Waals surface area contributed by atoms with Crippen molar-refractivity contribution in [3.63, 3.8) is 0 Å². The van der Waals surface area contributed by atoms with E-state index in [4.69, 9.17) is 22.6 Å². The summed E-state index contributed by atoms with van der Waals surface area (Å²) in [5.41, 5.74) is 7.59. The molecule has 3 nitrogen and oxygen atoms in total. The maximum absolute atomic E-state index is 8.87. The molecule has 1 aromatic carbocycles. The highest BCUT2D eigenvalue weighted by Crippen LogP contribution is 2.29. The summed E-state index contributed by atoms with van der Waals surface area (Å²) in [6.45, 7) is 1.57. The zero-order valence-corrected chi connectivity index (χ0v) is 12.7. The second kappa shape index (κ2) is 7.08. The first-order valence-corrected chi connectivity index (χ1v) is 7.62. The number of hydrogen-bond donors (Lipinski definition) is 1. The molecular formula is C16H22ClN3. The molecule has 2 N–H and O–H groups in total. The highest BCUT2D eigenvalue weighted by molar-refractivity contribution is 6.31. The first kappa shape index (κ1) is 15.3. The Labute approximate surface area is 126 Å². The third-order valence-electron chi connectivity index (χ3n) is 4.34. The van der Waals surface area contributed by atoms with E-state index in [0.717, 1.165) is 18.7 Å². The smallest absolute Gasteiger partial charge is 0.0992 e. The van der Waals surface area contributed by atoms with Crippen LogP contribution in [0, 0.1) is 17.2 Å². The molecule has 0 spiro atoms. The van der Waals surface area contributed by atoms with Crippen LogP contribution in [0.4, 0.5) is 0 Å². The Morgan fingerprint density at radius 3 is 2.80 bits per heavy atom. The molecule has 20 heavy (non-hydrogen) atoms. The highest BCUT2D eigenvalue weighted by Gasteiger charge is 2.27. The Hall–Kier alpha value is -1.08. The van der Waals surface area contributed by atoms with E-state index in [1.807, 2.05) is 12.1 Å². The number of halogens is 1. The van der Waals surface area contributed by atoms with Gasteiger partial charge in [0.1, 0.15) is 0 Å². The molecule has 1 aliphatic carbocycles. The number of rotatable bonds is 4. The van der Waals surface area contributed by atoms with Crippen LogP contribution in [0.3, 0.4) is 0 Å². The lowest BCUT2D eigenvalue weighted by Crippen LogP contribution is -2.42. The van der Waals surface area contributed by atoms with Gasteiger partial charge in [-0.25, -0.2) is 0 Å². The minimum Gasteiger partial charge on any atom is -0.330 e. The zero-order valence-electron chi connectivity index (χ0n) is 12.0. The van der Waals surface area contributed by atoms with Crippen LogP contribution in [0.2, 0.25) is 5.02 Å². The molecule has 0 aromatic heterocycles. The van der Waals surface area contributed by atoms with E-state index in [1.54, 1.807) is 6.07 Å². The van der Waals surface area contributed by atoms with Crippen molar-refractivity contribution in [3.05, 3.63) is 34.3 Å². The Bertz CT molecular complexity index is 495. The van der Waals surface area contributed by atoms with Crippen molar-refractivity contribution in [2.24, 2.45) is 11.7 Å². The quantitative estimate of drug-likeness (QED) is 0.927. The standard InChI is InChI=1S/C16H22ClN3/c1-20(16-5-3-2-4-13(16)10-19)11-14-7-6-12(9-18)8-15(14)17/h6-8,13,16H,2-5,10-11,19H2,1H3. The van der Waals surface area contributed by atoms with Crippen molar-refractivity contribution in [1.82, 2.24) is 4.90 Å². The summed E-state index contributed by atoms with van der Waals surface area (Å²) >= 11 is 6.26. The summed E-state index contributed by atoms with van der Waals surface area (Å²) in [7, 11) is 2.15. The van der Waals surface area contributed by atoms with Gasteiger partial charge in [0.15, 0.2) is 0 Å². The van der Waals surface area contributed by atoms with Crippen molar-refractivity contribution >= 4 is 11.6 Å². The van der Waals surface area contributed by atoms with Gasteiger partial charge in [-0.1, -0.05) is 30.5 Å². The Balaban J connectivity index is 2.07. The number of nitrogens with zero attached hydrogens (tertiary/aromatic N) is 2. The second-order valence-electron chi connectivity index (χ2n) is 5.68. The van der Waals surface area contributed by atoms with Crippen LogP contribution in [-0.4, -0.2) is 24.5 Å². The number of hydrogen-bond acceptors (Lipinski definition) is 3. The fraction of sp³-hybridized carbons (Fsp3) is 0.562. The average Bonchev–Trinajstić information content (AvgIpc) is 2.49. The average molecular weight is 292 g/mol. The molecule has 108 valence electrons. The first-order valence-electron chi connectivity index (χ1n) is 7.24. The summed E-state index contributed by atoms with van der Waals surface area (Å²) in [5.74, 6) is 0.589. The van der Waals surface area contributed by atoms with E-state index in [9.17, 15) is 0 Å². The molecule has 0 heterocycles. The molecule has 0 saturated heterocycles. The number of nitrogens with two attached hydrogens (primary N) is 1. The van der Waals surface area contributed by atoms with Gasteiger partial charge in [0, 0.05) is 17.6 Å². The molecule has 1 aromatic rings. The molecule has 1 aliphatic rings. The van der Waals surface area contributed by atoms with Gasteiger partial charge in [-0.15, -0.1) is 0 Å². The molecule has 2 atom stereocenters. The lowest BCUT2D eigenvalue weighted by atomic mass is 9.83. The minimum atomic E-state index is 0.542. The van der Waals surface area contributed by atoms with E-state index >= 15 is 0 Å². The van der Waals surface area contributed by atoms with Crippen LogP contribution < -0.4 is 5.73 Å². The SMILES string of the molecule is CN(Cc1ccc(C#N)cc1Cl)C1CCCCC1CN. The zero-order chi connectivity index (χ0) is 14.5. The molecule has 4 heteroatoms. The van der Waals surface area contributed by atoms with E-state index in [2.05, 4.69) is 18.0 Å². The van der Waals surface area contributed by atoms with Gasteiger partial charge in [0.25, 0.3) is 0 Å². The number of nitriles is 1. The molecule has 2 unspecified atom stereocenters. The lowest BCUT2D eigenvalue weighted by molar-refractivity contribution is 0.127. The third kappa shape index (κ3) is 3.52. The van der Waals surface area contributed by atoms with Crippen molar-refractivity contribution in [3.8, 4) is 6.07 Å². The van der Waals surface area contributed by atoms with Crippen molar-refractivity contribution in [1.29, 1.82) is 5.26 Å².